The second-order valence-corrected chi connectivity index (χ2v) is 5.18. The summed E-state index contributed by atoms with van der Waals surface area (Å²) in [5, 5.41) is 18.2. The van der Waals surface area contributed by atoms with Crippen molar-refractivity contribution in [3.8, 4) is 0 Å². The maximum Gasteiger partial charge on any atom is 0.335 e. The minimum absolute atomic E-state index is 0.162. The molecule has 2 unspecified atom stereocenters. The van der Waals surface area contributed by atoms with E-state index >= 15 is 0 Å². The zero-order valence-electron chi connectivity index (χ0n) is 10.6. The first kappa shape index (κ1) is 14.9. The lowest BCUT2D eigenvalue weighted by Gasteiger charge is -2.36. The lowest BCUT2D eigenvalue weighted by molar-refractivity contribution is -0.160. The van der Waals surface area contributed by atoms with Gasteiger partial charge in [0.15, 0.2) is 0 Å². The van der Waals surface area contributed by atoms with E-state index in [2.05, 4.69) is 0 Å². The third-order valence-electron chi connectivity index (χ3n) is 4.16. The van der Waals surface area contributed by atoms with Crippen molar-refractivity contribution >= 4 is 11.9 Å². The molecule has 1 rings (SSSR count). The third kappa shape index (κ3) is 2.64. The molecule has 6 N–H and O–H groups in total. The highest BCUT2D eigenvalue weighted by molar-refractivity contribution is 6.03. The molecule has 0 radical (unpaired) electrons. The number of hydrogen-bond donors (Lipinski definition) is 4. The summed E-state index contributed by atoms with van der Waals surface area (Å²) in [6, 6.07) is -0.162. The number of aliphatic carboxylic acids is 2. The molecule has 1 aliphatic rings. The van der Waals surface area contributed by atoms with Gasteiger partial charge in [-0.15, -0.1) is 0 Å². The first-order valence-corrected chi connectivity index (χ1v) is 6.35. The molecule has 0 saturated heterocycles. The molecule has 0 aliphatic heterocycles. The first-order valence-electron chi connectivity index (χ1n) is 6.35. The summed E-state index contributed by atoms with van der Waals surface area (Å²) >= 11 is 0. The predicted molar refractivity (Wildman–Crippen MR) is 65.9 cm³/mol. The van der Waals surface area contributed by atoms with E-state index in [-0.39, 0.29) is 6.04 Å². The van der Waals surface area contributed by atoms with Gasteiger partial charge in [-0.25, -0.2) is 9.59 Å². The molecular formula is C12H22N2O4. The molecule has 2 atom stereocenters. The second-order valence-electron chi connectivity index (χ2n) is 5.18. The van der Waals surface area contributed by atoms with E-state index in [0.717, 1.165) is 19.3 Å². The highest BCUT2D eigenvalue weighted by Gasteiger charge is 2.49. The highest BCUT2D eigenvalue weighted by atomic mass is 16.4. The molecule has 1 saturated carbocycles. The van der Waals surface area contributed by atoms with Gasteiger partial charge in [0, 0.05) is 6.04 Å². The van der Waals surface area contributed by atoms with Gasteiger partial charge < -0.3 is 21.7 Å². The van der Waals surface area contributed by atoms with Crippen LogP contribution in [-0.2, 0) is 9.59 Å². The fourth-order valence-electron chi connectivity index (χ4n) is 2.50. The Morgan fingerprint density at radius 1 is 1.33 bits per heavy atom. The summed E-state index contributed by atoms with van der Waals surface area (Å²) in [6.45, 7) is 1.74. The van der Waals surface area contributed by atoms with Crippen molar-refractivity contribution in [2.24, 2.45) is 23.3 Å². The average Bonchev–Trinajstić information content (AvgIpc) is 2.21. The molecule has 0 amide bonds. The lowest BCUT2D eigenvalue weighted by Crippen LogP contribution is -2.61. The fraction of sp³-hybridized carbons (Fsp3) is 0.833. The van der Waals surface area contributed by atoms with Crippen LogP contribution in [0.2, 0.25) is 0 Å². The molecule has 0 heterocycles. The lowest BCUT2D eigenvalue weighted by atomic mass is 9.72. The first-order chi connectivity index (χ1) is 8.33. The van der Waals surface area contributed by atoms with Crippen molar-refractivity contribution in [1.82, 2.24) is 0 Å². The van der Waals surface area contributed by atoms with E-state index in [4.69, 9.17) is 21.7 Å². The standard InChI is InChI=1S/C12H22N2O4/c1-2-8(6-9(13)7-4-3-5-7)12(14,10(15)16)11(17)18/h7-9H,2-6,13-14H2,1H3,(H,15,16)(H,17,18). The second kappa shape index (κ2) is 5.67. The Hall–Kier alpha value is -1.14. The Bertz CT molecular complexity index is 314. The van der Waals surface area contributed by atoms with E-state index in [9.17, 15) is 9.59 Å². The van der Waals surface area contributed by atoms with E-state index in [1.54, 1.807) is 6.92 Å². The van der Waals surface area contributed by atoms with Crippen molar-refractivity contribution in [3.05, 3.63) is 0 Å². The van der Waals surface area contributed by atoms with Gasteiger partial charge in [-0.3, -0.25) is 0 Å². The summed E-state index contributed by atoms with van der Waals surface area (Å²) in [7, 11) is 0. The molecule has 18 heavy (non-hydrogen) atoms. The zero-order valence-corrected chi connectivity index (χ0v) is 10.6. The van der Waals surface area contributed by atoms with Gasteiger partial charge in [0.05, 0.1) is 0 Å². The van der Waals surface area contributed by atoms with Gasteiger partial charge in [0.25, 0.3) is 0 Å². The monoisotopic (exact) mass is 258 g/mol. The van der Waals surface area contributed by atoms with Gasteiger partial charge in [-0.1, -0.05) is 19.8 Å². The maximum absolute atomic E-state index is 11.2. The largest absolute Gasteiger partial charge is 0.479 e. The van der Waals surface area contributed by atoms with E-state index in [1.165, 1.54) is 0 Å². The van der Waals surface area contributed by atoms with Gasteiger partial charge in [-0.05, 0) is 31.1 Å². The molecule has 1 fully saturated rings. The van der Waals surface area contributed by atoms with Crippen LogP contribution < -0.4 is 11.5 Å². The number of carbonyl (C=O) groups is 2. The molecule has 104 valence electrons. The summed E-state index contributed by atoms with van der Waals surface area (Å²) in [6.07, 6.45) is 3.94. The van der Waals surface area contributed by atoms with Crippen LogP contribution >= 0.6 is 0 Å². The molecular weight excluding hydrogens is 236 g/mol. The quantitative estimate of drug-likeness (QED) is 0.489. The Labute approximate surface area is 106 Å². The van der Waals surface area contributed by atoms with Crippen LogP contribution in [0.1, 0.15) is 39.0 Å². The predicted octanol–water partition coefficient (Wildman–Crippen LogP) is 0.397. The normalized spacial score (nSPS) is 19.9. The van der Waals surface area contributed by atoms with Crippen LogP contribution in [-0.4, -0.2) is 33.7 Å². The van der Waals surface area contributed by atoms with Crippen molar-refractivity contribution in [2.75, 3.05) is 0 Å². The topological polar surface area (TPSA) is 127 Å². The van der Waals surface area contributed by atoms with Gasteiger partial charge in [0.1, 0.15) is 0 Å². The van der Waals surface area contributed by atoms with Gasteiger partial charge >= 0.3 is 11.9 Å². The Morgan fingerprint density at radius 3 is 2.11 bits per heavy atom. The Morgan fingerprint density at radius 2 is 1.83 bits per heavy atom. The third-order valence-corrected chi connectivity index (χ3v) is 4.16. The number of carboxylic acids is 2. The molecule has 6 heteroatoms. The van der Waals surface area contributed by atoms with Crippen LogP contribution in [0.15, 0.2) is 0 Å². The van der Waals surface area contributed by atoms with Crippen LogP contribution in [0.25, 0.3) is 0 Å². The fourth-order valence-corrected chi connectivity index (χ4v) is 2.50. The summed E-state index contributed by atoms with van der Waals surface area (Å²) < 4.78 is 0. The van der Waals surface area contributed by atoms with Crippen molar-refractivity contribution < 1.29 is 19.8 Å². The molecule has 0 spiro atoms. The van der Waals surface area contributed by atoms with E-state index < -0.39 is 23.4 Å². The SMILES string of the molecule is CCC(CC(N)C1CCC1)C(N)(C(=O)O)C(=O)O. The molecule has 0 bridgehead atoms. The number of rotatable bonds is 7. The Balaban J connectivity index is 2.79. The molecule has 0 aromatic heterocycles. The van der Waals surface area contributed by atoms with Gasteiger partial charge in [-0.2, -0.15) is 0 Å². The van der Waals surface area contributed by atoms with Crippen molar-refractivity contribution in [3.63, 3.8) is 0 Å². The molecule has 1 aliphatic carbocycles. The van der Waals surface area contributed by atoms with E-state index in [0.29, 0.717) is 18.8 Å². The van der Waals surface area contributed by atoms with Crippen LogP contribution in [0, 0.1) is 11.8 Å². The van der Waals surface area contributed by atoms with Crippen LogP contribution in [0.3, 0.4) is 0 Å². The number of carboxylic acid groups (broad SMARTS) is 2. The van der Waals surface area contributed by atoms with E-state index in [1.807, 2.05) is 0 Å². The average molecular weight is 258 g/mol. The smallest absolute Gasteiger partial charge is 0.335 e. The number of nitrogens with two attached hydrogens (primary N) is 2. The van der Waals surface area contributed by atoms with Crippen LogP contribution in [0.4, 0.5) is 0 Å². The van der Waals surface area contributed by atoms with Gasteiger partial charge in [0.2, 0.25) is 5.54 Å². The minimum Gasteiger partial charge on any atom is -0.479 e. The Kier molecular flexibility index (Phi) is 4.70. The summed E-state index contributed by atoms with van der Waals surface area (Å²) in [5.74, 6) is -3.26. The number of hydrogen-bond acceptors (Lipinski definition) is 4. The van der Waals surface area contributed by atoms with Crippen LogP contribution in [0.5, 0.6) is 0 Å². The van der Waals surface area contributed by atoms with Crippen molar-refractivity contribution in [2.45, 2.75) is 50.6 Å². The molecule has 0 aromatic rings. The summed E-state index contributed by atoms with van der Waals surface area (Å²) in [4.78, 5) is 22.3. The minimum atomic E-state index is -2.24. The maximum atomic E-state index is 11.2. The summed E-state index contributed by atoms with van der Waals surface area (Å²) in [5.41, 5.74) is 9.36. The van der Waals surface area contributed by atoms with Crippen molar-refractivity contribution in [1.29, 1.82) is 0 Å². The molecule has 6 nitrogen and oxygen atoms in total. The highest BCUT2D eigenvalue weighted by Crippen LogP contribution is 2.34. The molecule has 0 aromatic carbocycles. The zero-order chi connectivity index (χ0) is 13.9.